The highest BCUT2D eigenvalue weighted by Crippen LogP contribution is 2.20. The number of anilines is 1. The van der Waals surface area contributed by atoms with Gasteiger partial charge in [0.25, 0.3) is 0 Å². The van der Waals surface area contributed by atoms with Crippen molar-refractivity contribution in [2.24, 2.45) is 0 Å². The van der Waals surface area contributed by atoms with E-state index in [-0.39, 0.29) is 12.2 Å². The molecule has 2 N–H and O–H groups in total. The van der Waals surface area contributed by atoms with Crippen molar-refractivity contribution in [3.8, 4) is 0 Å². The van der Waals surface area contributed by atoms with Crippen LogP contribution < -0.4 is 11.4 Å². The lowest BCUT2D eigenvalue weighted by atomic mass is 10.1. The number of hydrogen-bond donors (Lipinski definition) is 1. The van der Waals surface area contributed by atoms with E-state index >= 15 is 0 Å². The summed E-state index contributed by atoms with van der Waals surface area (Å²) in [7, 11) is 0. The topological polar surface area (TPSA) is 73.3 Å². The number of Topliss-reactive ketones (excluding diaryl/α,β-unsaturated/α-hetero) is 1. The van der Waals surface area contributed by atoms with Crippen molar-refractivity contribution >= 4 is 22.4 Å². The first-order valence-electron chi connectivity index (χ1n) is 4.88. The number of fused-ring (bicyclic) bond motifs is 1. The molecule has 4 heteroatoms. The van der Waals surface area contributed by atoms with E-state index in [1.54, 1.807) is 18.2 Å². The Morgan fingerprint density at radius 2 is 2.12 bits per heavy atom. The van der Waals surface area contributed by atoms with Crippen molar-refractivity contribution in [3.05, 3.63) is 40.2 Å². The van der Waals surface area contributed by atoms with E-state index in [1.807, 2.05) is 0 Å². The first kappa shape index (κ1) is 10.4. The minimum absolute atomic E-state index is 0.00345. The molecule has 0 saturated heterocycles. The number of nitrogen functional groups attached to an aromatic ring is 1. The van der Waals surface area contributed by atoms with Crippen LogP contribution in [0.5, 0.6) is 0 Å². The molecule has 0 spiro atoms. The zero-order chi connectivity index (χ0) is 11.7. The third kappa shape index (κ3) is 1.95. The van der Waals surface area contributed by atoms with Gasteiger partial charge < -0.3 is 10.2 Å². The van der Waals surface area contributed by atoms with Gasteiger partial charge in [-0.1, -0.05) is 0 Å². The average Bonchev–Trinajstić information content (AvgIpc) is 2.15. The van der Waals surface area contributed by atoms with Crippen molar-refractivity contribution in [3.63, 3.8) is 0 Å². The second-order valence-corrected chi connectivity index (χ2v) is 3.73. The van der Waals surface area contributed by atoms with Crippen LogP contribution in [0.4, 0.5) is 5.69 Å². The zero-order valence-corrected chi connectivity index (χ0v) is 8.82. The first-order valence-corrected chi connectivity index (χ1v) is 4.88. The van der Waals surface area contributed by atoms with E-state index in [1.165, 1.54) is 13.0 Å². The maximum absolute atomic E-state index is 11.3. The standard InChI is InChI=1S/C12H11NO3/c1-7(14)4-8-5-12(15)16-11-6-9(13)2-3-10(8)11/h2-3,5-6H,4,13H2,1H3. The molecule has 0 unspecified atom stereocenters. The third-order valence-electron chi connectivity index (χ3n) is 2.29. The molecule has 2 aromatic rings. The van der Waals surface area contributed by atoms with Gasteiger partial charge in [0.2, 0.25) is 0 Å². The molecule has 2 rings (SSSR count). The van der Waals surface area contributed by atoms with Gasteiger partial charge in [0, 0.05) is 29.6 Å². The summed E-state index contributed by atoms with van der Waals surface area (Å²) in [5.74, 6) is 0.00345. The SMILES string of the molecule is CC(=O)Cc1cc(=O)oc2cc(N)ccc12. The van der Waals surface area contributed by atoms with E-state index in [4.69, 9.17) is 10.2 Å². The lowest BCUT2D eigenvalue weighted by Gasteiger charge is -2.03. The molecule has 82 valence electrons. The Morgan fingerprint density at radius 1 is 1.38 bits per heavy atom. The largest absolute Gasteiger partial charge is 0.423 e. The summed E-state index contributed by atoms with van der Waals surface area (Å²) < 4.78 is 5.02. The molecule has 0 amide bonds. The van der Waals surface area contributed by atoms with Crippen LogP contribution >= 0.6 is 0 Å². The Balaban J connectivity index is 2.72. The van der Waals surface area contributed by atoms with Gasteiger partial charge in [-0.05, 0) is 24.6 Å². The van der Waals surface area contributed by atoms with Gasteiger partial charge in [-0.25, -0.2) is 4.79 Å². The lowest BCUT2D eigenvalue weighted by Crippen LogP contribution is -2.04. The first-order chi connectivity index (χ1) is 7.56. The fourth-order valence-electron chi connectivity index (χ4n) is 1.66. The van der Waals surface area contributed by atoms with Gasteiger partial charge in [0.1, 0.15) is 11.4 Å². The fraction of sp³-hybridized carbons (Fsp3) is 0.167. The fourth-order valence-corrected chi connectivity index (χ4v) is 1.66. The molecular formula is C12H11NO3. The molecule has 0 fully saturated rings. The molecule has 0 aliphatic heterocycles. The molecule has 1 aromatic heterocycles. The molecule has 0 radical (unpaired) electrons. The predicted molar refractivity (Wildman–Crippen MR) is 61.3 cm³/mol. The Morgan fingerprint density at radius 3 is 2.81 bits per heavy atom. The van der Waals surface area contributed by atoms with Gasteiger partial charge in [-0.2, -0.15) is 0 Å². The summed E-state index contributed by atoms with van der Waals surface area (Å²) in [5, 5.41) is 0.754. The number of ketones is 1. The number of rotatable bonds is 2. The molecule has 16 heavy (non-hydrogen) atoms. The second-order valence-electron chi connectivity index (χ2n) is 3.73. The Hall–Kier alpha value is -2.10. The molecular weight excluding hydrogens is 206 g/mol. The van der Waals surface area contributed by atoms with Crippen molar-refractivity contribution < 1.29 is 9.21 Å². The summed E-state index contributed by atoms with van der Waals surface area (Å²) in [6, 6.07) is 6.40. The van der Waals surface area contributed by atoms with Crippen molar-refractivity contribution in [1.82, 2.24) is 0 Å². The number of carbonyl (C=O) groups is 1. The molecule has 1 heterocycles. The van der Waals surface area contributed by atoms with Crippen LogP contribution in [0.3, 0.4) is 0 Å². The number of hydrogen-bond acceptors (Lipinski definition) is 4. The molecule has 0 bridgehead atoms. The normalized spacial score (nSPS) is 10.6. The minimum atomic E-state index is -0.464. The average molecular weight is 217 g/mol. The van der Waals surface area contributed by atoms with Gasteiger partial charge >= 0.3 is 5.63 Å². The van der Waals surface area contributed by atoms with E-state index < -0.39 is 5.63 Å². The van der Waals surface area contributed by atoms with Crippen LogP contribution in [0.1, 0.15) is 12.5 Å². The monoisotopic (exact) mass is 217 g/mol. The Kier molecular flexibility index (Phi) is 2.48. The molecule has 0 saturated carbocycles. The summed E-state index contributed by atoms with van der Waals surface area (Å²) in [4.78, 5) is 22.4. The van der Waals surface area contributed by atoms with Crippen molar-refractivity contribution in [1.29, 1.82) is 0 Å². The van der Waals surface area contributed by atoms with Crippen LogP contribution in [-0.2, 0) is 11.2 Å². The van der Waals surface area contributed by atoms with E-state index in [9.17, 15) is 9.59 Å². The molecule has 0 aliphatic carbocycles. The molecule has 1 aromatic carbocycles. The number of carbonyl (C=O) groups excluding carboxylic acids is 1. The summed E-state index contributed by atoms with van der Waals surface area (Å²) in [6.07, 6.45) is 0.228. The van der Waals surface area contributed by atoms with Gasteiger partial charge in [0.05, 0.1) is 0 Å². The molecule has 4 nitrogen and oxygen atoms in total. The summed E-state index contributed by atoms with van der Waals surface area (Å²) >= 11 is 0. The van der Waals surface area contributed by atoms with E-state index in [2.05, 4.69) is 0 Å². The summed E-state index contributed by atoms with van der Waals surface area (Å²) in [5.41, 5.74) is 6.76. The number of nitrogens with two attached hydrogens (primary N) is 1. The van der Waals surface area contributed by atoms with Crippen molar-refractivity contribution in [2.75, 3.05) is 5.73 Å². The summed E-state index contributed by atoms with van der Waals surface area (Å²) in [6.45, 7) is 1.48. The number of benzene rings is 1. The minimum Gasteiger partial charge on any atom is -0.423 e. The lowest BCUT2D eigenvalue weighted by molar-refractivity contribution is -0.116. The van der Waals surface area contributed by atoms with Crippen molar-refractivity contribution in [2.45, 2.75) is 13.3 Å². The highest BCUT2D eigenvalue weighted by molar-refractivity contribution is 5.88. The van der Waals surface area contributed by atoms with Crippen LogP contribution in [0.25, 0.3) is 11.0 Å². The van der Waals surface area contributed by atoms with Crippen LogP contribution in [0, 0.1) is 0 Å². The van der Waals surface area contributed by atoms with Gasteiger partial charge in [0.15, 0.2) is 0 Å². The highest BCUT2D eigenvalue weighted by Gasteiger charge is 2.07. The zero-order valence-electron chi connectivity index (χ0n) is 8.82. The Labute approximate surface area is 91.7 Å². The van der Waals surface area contributed by atoms with Crippen LogP contribution in [0.2, 0.25) is 0 Å². The molecule has 0 aliphatic rings. The van der Waals surface area contributed by atoms with E-state index in [0.717, 1.165) is 5.39 Å². The predicted octanol–water partition coefficient (Wildman–Crippen LogP) is 1.51. The maximum atomic E-state index is 11.3. The third-order valence-corrected chi connectivity index (χ3v) is 2.29. The quantitative estimate of drug-likeness (QED) is 0.611. The second kappa shape index (κ2) is 3.81. The molecule has 0 atom stereocenters. The highest BCUT2D eigenvalue weighted by atomic mass is 16.4. The van der Waals surface area contributed by atoms with Crippen LogP contribution in [-0.4, -0.2) is 5.78 Å². The van der Waals surface area contributed by atoms with Gasteiger partial charge in [-0.3, -0.25) is 4.79 Å². The van der Waals surface area contributed by atoms with E-state index in [0.29, 0.717) is 16.8 Å². The van der Waals surface area contributed by atoms with Crippen LogP contribution in [0.15, 0.2) is 33.5 Å². The van der Waals surface area contributed by atoms with Gasteiger partial charge in [-0.15, -0.1) is 0 Å². The Bertz CT molecular complexity index is 613. The smallest absolute Gasteiger partial charge is 0.336 e. The maximum Gasteiger partial charge on any atom is 0.336 e.